The number of carbonyl (C=O) groups is 1. The molecule has 0 radical (unpaired) electrons. The van der Waals surface area contributed by atoms with Crippen LogP contribution in [0.1, 0.15) is 27.2 Å². The number of aliphatic hydroxyl groups excluding tert-OH is 2. The molecule has 2 aromatic rings. The first-order valence-electron chi connectivity index (χ1n) is 9.17. The van der Waals surface area contributed by atoms with Gasteiger partial charge >= 0.3 is 11.6 Å². The number of fused-ring (bicyclic) bond motifs is 1. The summed E-state index contributed by atoms with van der Waals surface area (Å²) in [6.07, 6.45) is -4.51. The molecule has 9 nitrogen and oxygen atoms in total. The number of aliphatic hydroxyl groups is 2. The average molecular weight is 408 g/mol. The molecule has 1 aliphatic heterocycles. The van der Waals surface area contributed by atoms with Gasteiger partial charge in [0.05, 0.1) is 11.5 Å². The molecule has 0 amide bonds. The second-order valence-corrected chi connectivity index (χ2v) is 7.98. The Bertz CT molecular complexity index is 943. The molecule has 3 rings (SSSR count). The van der Waals surface area contributed by atoms with Crippen molar-refractivity contribution in [3.05, 3.63) is 34.7 Å². The van der Waals surface area contributed by atoms with Crippen molar-refractivity contribution < 1.29 is 38.7 Å². The molecule has 1 aliphatic rings. The first-order chi connectivity index (χ1) is 13.5. The summed E-state index contributed by atoms with van der Waals surface area (Å²) in [7, 11) is 0. The van der Waals surface area contributed by atoms with Crippen molar-refractivity contribution >= 4 is 16.9 Å². The fraction of sp³-hybridized carbons (Fsp3) is 0.500. The normalized spacial score (nSPS) is 25.0. The van der Waals surface area contributed by atoms with Crippen molar-refractivity contribution in [2.45, 2.75) is 51.8 Å². The number of ether oxygens (including phenoxy) is 3. The summed E-state index contributed by atoms with van der Waals surface area (Å²) in [5, 5.41) is 30.9. The van der Waals surface area contributed by atoms with Gasteiger partial charge in [0.25, 0.3) is 0 Å². The topological polar surface area (TPSA) is 136 Å². The lowest BCUT2D eigenvalue weighted by atomic mass is 9.97. The Labute approximate surface area is 166 Å². The van der Waals surface area contributed by atoms with Gasteiger partial charge in [0.15, 0.2) is 11.5 Å². The number of phenols is 1. The molecule has 2 heterocycles. The molecule has 29 heavy (non-hydrogen) atoms. The second kappa shape index (κ2) is 8.02. The van der Waals surface area contributed by atoms with E-state index in [0.29, 0.717) is 5.39 Å². The molecule has 4 atom stereocenters. The quantitative estimate of drug-likeness (QED) is 0.505. The molecule has 1 saturated heterocycles. The predicted molar refractivity (Wildman–Crippen MR) is 100 cm³/mol. The van der Waals surface area contributed by atoms with E-state index in [1.54, 1.807) is 20.8 Å². The minimum absolute atomic E-state index is 0.0466. The molecule has 0 spiro atoms. The van der Waals surface area contributed by atoms with Crippen molar-refractivity contribution in [3.63, 3.8) is 0 Å². The van der Waals surface area contributed by atoms with Crippen LogP contribution in [-0.4, -0.2) is 52.5 Å². The second-order valence-electron chi connectivity index (χ2n) is 7.98. The molecule has 1 fully saturated rings. The van der Waals surface area contributed by atoms with E-state index < -0.39 is 41.6 Å². The molecule has 3 N–H and O–H groups in total. The first-order valence-corrected chi connectivity index (χ1v) is 9.17. The Hall–Kier alpha value is -2.62. The highest BCUT2D eigenvalue weighted by molar-refractivity contribution is 5.80. The molecule has 0 bridgehead atoms. The van der Waals surface area contributed by atoms with Gasteiger partial charge in [0.2, 0.25) is 6.29 Å². The van der Waals surface area contributed by atoms with Crippen molar-refractivity contribution in [1.29, 1.82) is 0 Å². The van der Waals surface area contributed by atoms with Crippen LogP contribution in [0.15, 0.2) is 33.5 Å². The standard InChI is InChI=1S/C20H24O9/c1-20(2,3)19(25)26-9-15-18(24)12(22)8-17(29-15)28-14-6-10-4-5-16(23)27-13(10)7-11(14)21/h4-7,12,15,17-18,21-22,24H,8-9H2,1-3H3/t12-,15-,17-,18+/m1/s1. The number of phenolic OH excluding ortho intramolecular Hbond substituents is 1. The molecule has 9 heteroatoms. The molecular formula is C20H24O9. The van der Waals surface area contributed by atoms with Crippen LogP contribution in [-0.2, 0) is 14.3 Å². The average Bonchev–Trinajstić information content (AvgIpc) is 2.63. The van der Waals surface area contributed by atoms with E-state index in [1.165, 1.54) is 24.3 Å². The third-order valence-electron chi connectivity index (χ3n) is 4.49. The van der Waals surface area contributed by atoms with E-state index in [4.69, 9.17) is 18.6 Å². The number of benzene rings is 1. The van der Waals surface area contributed by atoms with Gasteiger partial charge < -0.3 is 33.9 Å². The van der Waals surface area contributed by atoms with Crippen LogP contribution in [0, 0.1) is 5.41 Å². The maximum Gasteiger partial charge on any atom is 0.336 e. The highest BCUT2D eigenvalue weighted by atomic mass is 16.7. The van der Waals surface area contributed by atoms with Crippen molar-refractivity contribution in [2.75, 3.05) is 6.61 Å². The van der Waals surface area contributed by atoms with Crippen LogP contribution < -0.4 is 10.4 Å². The fourth-order valence-corrected chi connectivity index (χ4v) is 2.82. The maximum absolute atomic E-state index is 11.9. The summed E-state index contributed by atoms with van der Waals surface area (Å²) in [5.74, 6) is -0.711. The third kappa shape index (κ3) is 4.87. The van der Waals surface area contributed by atoms with E-state index in [1.807, 2.05) is 0 Å². The third-order valence-corrected chi connectivity index (χ3v) is 4.49. The van der Waals surface area contributed by atoms with Gasteiger partial charge in [-0.2, -0.15) is 0 Å². The number of esters is 1. The van der Waals surface area contributed by atoms with Gasteiger partial charge in [-0.25, -0.2) is 4.79 Å². The molecule has 0 unspecified atom stereocenters. The van der Waals surface area contributed by atoms with Crippen LogP contribution in [0.25, 0.3) is 11.0 Å². The van der Waals surface area contributed by atoms with Crippen LogP contribution >= 0.6 is 0 Å². The lowest BCUT2D eigenvalue weighted by Crippen LogP contribution is -2.52. The Morgan fingerprint density at radius 3 is 2.66 bits per heavy atom. The lowest BCUT2D eigenvalue weighted by Gasteiger charge is -2.37. The summed E-state index contributed by atoms with van der Waals surface area (Å²) in [5.41, 5.74) is -1.08. The van der Waals surface area contributed by atoms with Gasteiger partial charge in [0, 0.05) is 23.9 Å². The number of carbonyl (C=O) groups excluding carboxylic acids is 1. The Balaban J connectivity index is 1.73. The van der Waals surface area contributed by atoms with Crippen molar-refractivity contribution in [2.24, 2.45) is 5.41 Å². The van der Waals surface area contributed by atoms with E-state index in [-0.39, 0.29) is 30.1 Å². The zero-order valence-corrected chi connectivity index (χ0v) is 16.3. The number of aromatic hydroxyl groups is 1. The summed E-state index contributed by atoms with van der Waals surface area (Å²) < 4.78 is 21.4. The highest BCUT2D eigenvalue weighted by Crippen LogP contribution is 2.33. The highest BCUT2D eigenvalue weighted by Gasteiger charge is 2.39. The largest absolute Gasteiger partial charge is 0.504 e. The van der Waals surface area contributed by atoms with Gasteiger partial charge in [-0.15, -0.1) is 0 Å². The first kappa shape index (κ1) is 21.1. The van der Waals surface area contributed by atoms with Crippen LogP contribution in [0.2, 0.25) is 0 Å². The minimum atomic E-state index is -1.26. The van der Waals surface area contributed by atoms with Gasteiger partial charge in [0.1, 0.15) is 24.4 Å². The van der Waals surface area contributed by atoms with E-state index in [9.17, 15) is 24.9 Å². The Morgan fingerprint density at radius 2 is 1.97 bits per heavy atom. The maximum atomic E-state index is 11.9. The molecule has 0 aliphatic carbocycles. The summed E-state index contributed by atoms with van der Waals surface area (Å²) >= 11 is 0. The zero-order valence-electron chi connectivity index (χ0n) is 16.3. The summed E-state index contributed by atoms with van der Waals surface area (Å²) in [4.78, 5) is 23.2. The van der Waals surface area contributed by atoms with Crippen LogP contribution in [0.4, 0.5) is 0 Å². The Kier molecular flexibility index (Phi) is 5.83. The molecule has 1 aromatic carbocycles. The number of hydrogen-bond acceptors (Lipinski definition) is 9. The number of hydrogen-bond donors (Lipinski definition) is 3. The van der Waals surface area contributed by atoms with Crippen LogP contribution in [0.5, 0.6) is 11.5 Å². The SMILES string of the molecule is CC(C)(C)C(=O)OC[C@H]1O[C@@H](Oc2cc3ccc(=O)oc3cc2O)C[C@@H](O)[C@@H]1O. The van der Waals surface area contributed by atoms with Gasteiger partial charge in [-0.05, 0) is 32.9 Å². The van der Waals surface area contributed by atoms with Crippen LogP contribution in [0.3, 0.4) is 0 Å². The molecule has 1 aromatic heterocycles. The monoisotopic (exact) mass is 408 g/mol. The lowest BCUT2D eigenvalue weighted by molar-refractivity contribution is -0.234. The number of rotatable bonds is 4. The molecule has 0 saturated carbocycles. The summed E-state index contributed by atoms with van der Waals surface area (Å²) in [6, 6.07) is 5.45. The Morgan fingerprint density at radius 1 is 1.24 bits per heavy atom. The zero-order chi connectivity index (χ0) is 21.3. The predicted octanol–water partition coefficient (Wildman–Crippen LogP) is 1.30. The van der Waals surface area contributed by atoms with E-state index >= 15 is 0 Å². The van der Waals surface area contributed by atoms with Crippen molar-refractivity contribution in [3.8, 4) is 11.5 Å². The minimum Gasteiger partial charge on any atom is -0.504 e. The molecular weight excluding hydrogens is 384 g/mol. The van der Waals surface area contributed by atoms with E-state index in [0.717, 1.165) is 0 Å². The van der Waals surface area contributed by atoms with Gasteiger partial charge in [-0.3, -0.25) is 4.79 Å². The van der Waals surface area contributed by atoms with Crippen molar-refractivity contribution in [1.82, 2.24) is 0 Å². The fourth-order valence-electron chi connectivity index (χ4n) is 2.82. The van der Waals surface area contributed by atoms with E-state index in [2.05, 4.69) is 0 Å². The van der Waals surface area contributed by atoms with Gasteiger partial charge in [-0.1, -0.05) is 0 Å². The smallest absolute Gasteiger partial charge is 0.336 e. The molecule has 158 valence electrons. The summed E-state index contributed by atoms with van der Waals surface area (Å²) in [6.45, 7) is 4.82.